The Balaban J connectivity index is 1.55. The number of hydrogen-bond donors (Lipinski definition) is 1. The van der Waals surface area contributed by atoms with Gasteiger partial charge in [0.25, 0.3) is 0 Å². The number of benzene rings is 1. The summed E-state index contributed by atoms with van der Waals surface area (Å²) in [5.74, 6) is 0.455. The lowest BCUT2D eigenvalue weighted by Crippen LogP contribution is -2.38. The molecule has 1 aliphatic rings. The number of pyridine rings is 1. The SMILES string of the molecule is N#CCOc1ccc(NC(=O)C2CCN(c3ncc(C(F)(F)F)cc3Cl)CC2)cc1. The van der Waals surface area contributed by atoms with Gasteiger partial charge in [0.15, 0.2) is 6.61 Å². The number of carbonyl (C=O) groups excluding carboxylic acids is 1. The van der Waals surface area contributed by atoms with E-state index >= 15 is 0 Å². The lowest BCUT2D eigenvalue weighted by atomic mass is 9.95. The number of carbonyl (C=O) groups is 1. The summed E-state index contributed by atoms with van der Waals surface area (Å²) in [5, 5.41) is 11.3. The van der Waals surface area contributed by atoms with Crippen LogP contribution in [-0.4, -0.2) is 30.6 Å². The average molecular weight is 439 g/mol. The van der Waals surface area contributed by atoms with Crippen LogP contribution >= 0.6 is 11.6 Å². The summed E-state index contributed by atoms with van der Waals surface area (Å²) < 4.78 is 43.4. The minimum Gasteiger partial charge on any atom is -0.479 e. The van der Waals surface area contributed by atoms with Gasteiger partial charge in [-0.05, 0) is 43.2 Å². The number of ether oxygens (including phenoxy) is 1. The predicted molar refractivity (Wildman–Crippen MR) is 105 cm³/mol. The molecule has 1 fully saturated rings. The summed E-state index contributed by atoms with van der Waals surface area (Å²) in [6, 6.07) is 9.44. The van der Waals surface area contributed by atoms with E-state index in [9.17, 15) is 18.0 Å². The Labute approximate surface area is 176 Å². The van der Waals surface area contributed by atoms with Crippen LogP contribution in [0.3, 0.4) is 0 Å². The highest BCUT2D eigenvalue weighted by atomic mass is 35.5. The molecular formula is C20H18ClF3N4O2. The Morgan fingerprint density at radius 2 is 1.97 bits per heavy atom. The van der Waals surface area contributed by atoms with Gasteiger partial charge in [0.1, 0.15) is 17.6 Å². The van der Waals surface area contributed by atoms with Crippen molar-refractivity contribution in [3.05, 3.63) is 47.1 Å². The molecule has 1 amide bonds. The number of rotatable bonds is 5. The summed E-state index contributed by atoms with van der Waals surface area (Å²) in [6.07, 6.45) is -2.69. The monoisotopic (exact) mass is 438 g/mol. The van der Waals surface area contributed by atoms with Crippen molar-refractivity contribution < 1.29 is 22.7 Å². The Morgan fingerprint density at radius 1 is 1.30 bits per heavy atom. The molecular weight excluding hydrogens is 421 g/mol. The molecule has 10 heteroatoms. The number of amides is 1. The van der Waals surface area contributed by atoms with Gasteiger partial charge in [0, 0.05) is 30.9 Å². The fourth-order valence-electron chi connectivity index (χ4n) is 3.17. The highest BCUT2D eigenvalue weighted by molar-refractivity contribution is 6.33. The highest BCUT2D eigenvalue weighted by Crippen LogP contribution is 2.34. The number of nitrogens with one attached hydrogen (secondary N) is 1. The number of piperidine rings is 1. The first-order valence-electron chi connectivity index (χ1n) is 9.16. The summed E-state index contributed by atoms with van der Waals surface area (Å²) in [4.78, 5) is 18.2. The quantitative estimate of drug-likeness (QED) is 0.743. The number of alkyl halides is 3. The minimum absolute atomic E-state index is 0.0535. The number of aromatic nitrogens is 1. The largest absolute Gasteiger partial charge is 0.479 e. The van der Waals surface area contributed by atoms with E-state index < -0.39 is 11.7 Å². The Hall–Kier alpha value is -2.99. The molecule has 0 bridgehead atoms. The van der Waals surface area contributed by atoms with Crippen molar-refractivity contribution in [2.75, 3.05) is 29.9 Å². The van der Waals surface area contributed by atoms with Crippen LogP contribution in [0.5, 0.6) is 5.75 Å². The standard InChI is InChI=1S/C20H18ClF3N4O2/c21-17-11-14(20(22,23)24)12-26-18(17)28-8-5-13(6-9-28)19(29)27-15-1-3-16(4-2-15)30-10-7-25/h1-4,11-13H,5-6,8-10H2,(H,27,29). The zero-order chi connectivity index (χ0) is 21.7. The molecule has 1 N–H and O–H groups in total. The van der Waals surface area contributed by atoms with Crippen LogP contribution in [0, 0.1) is 17.2 Å². The van der Waals surface area contributed by atoms with Crippen LogP contribution in [0.4, 0.5) is 24.7 Å². The molecule has 3 rings (SSSR count). The van der Waals surface area contributed by atoms with Crippen LogP contribution in [0.2, 0.25) is 5.02 Å². The molecule has 1 aromatic heterocycles. The molecule has 158 valence electrons. The zero-order valence-corrected chi connectivity index (χ0v) is 16.5. The van der Waals surface area contributed by atoms with Crippen molar-refractivity contribution >= 4 is 29.0 Å². The van der Waals surface area contributed by atoms with E-state index in [0.29, 0.717) is 37.4 Å². The molecule has 2 aromatic rings. The van der Waals surface area contributed by atoms with Crippen LogP contribution in [-0.2, 0) is 11.0 Å². The van der Waals surface area contributed by atoms with Crippen molar-refractivity contribution in [3.63, 3.8) is 0 Å². The third-order valence-electron chi connectivity index (χ3n) is 4.74. The first kappa shape index (κ1) is 21.7. The first-order valence-corrected chi connectivity index (χ1v) is 9.54. The number of hydrogen-bond acceptors (Lipinski definition) is 5. The second-order valence-corrected chi connectivity index (χ2v) is 7.16. The fourth-order valence-corrected chi connectivity index (χ4v) is 3.45. The molecule has 30 heavy (non-hydrogen) atoms. The van der Waals surface area contributed by atoms with Gasteiger partial charge < -0.3 is 15.0 Å². The van der Waals surface area contributed by atoms with E-state index in [0.717, 1.165) is 12.3 Å². The van der Waals surface area contributed by atoms with Gasteiger partial charge in [-0.3, -0.25) is 4.79 Å². The Bertz CT molecular complexity index is 937. The molecule has 0 spiro atoms. The van der Waals surface area contributed by atoms with Crippen molar-refractivity contribution in [2.24, 2.45) is 5.92 Å². The first-order chi connectivity index (χ1) is 14.3. The summed E-state index contributed by atoms with van der Waals surface area (Å²) in [5.41, 5.74) is -0.284. The number of halogens is 4. The van der Waals surface area contributed by atoms with Gasteiger partial charge in [-0.25, -0.2) is 4.98 Å². The fraction of sp³-hybridized carbons (Fsp3) is 0.350. The van der Waals surface area contributed by atoms with E-state index in [4.69, 9.17) is 21.6 Å². The minimum atomic E-state index is -4.50. The second kappa shape index (κ2) is 9.22. The van der Waals surface area contributed by atoms with Crippen molar-refractivity contribution in [1.29, 1.82) is 5.26 Å². The van der Waals surface area contributed by atoms with E-state index in [1.165, 1.54) is 0 Å². The lowest BCUT2D eigenvalue weighted by molar-refractivity contribution is -0.137. The van der Waals surface area contributed by atoms with Crippen LogP contribution in [0.1, 0.15) is 18.4 Å². The Morgan fingerprint density at radius 3 is 2.53 bits per heavy atom. The number of nitriles is 1. The summed E-state index contributed by atoms with van der Waals surface area (Å²) in [6.45, 7) is 0.857. The molecule has 0 unspecified atom stereocenters. The molecule has 2 heterocycles. The maximum absolute atomic E-state index is 12.8. The van der Waals surface area contributed by atoms with Gasteiger partial charge >= 0.3 is 6.18 Å². The van der Waals surface area contributed by atoms with Gasteiger partial charge in [-0.2, -0.15) is 18.4 Å². The molecule has 1 aliphatic heterocycles. The topological polar surface area (TPSA) is 78.2 Å². The molecule has 6 nitrogen and oxygen atoms in total. The molecule has 0 saturated carbocycles. The smallest absolute Gasteiger partial charge is 0.417 e. The number of nitrogens with zero attached hydrogens (tertiary/aromatic N) is 3. The van der Waals surface area contributed by atoms with Crippen LogP contribution in [0.25, 0.3) is 0 Å². The maximum atomic E-state index is 12.8. The predicted octanol–water partition coefficient (Wildman–Crippen LogP) is 4.51. The van der Waals surface area contributed by atoms with Gasteiger partial charge in [0.2, 0.25) is 5.91 Å². The van der Waals surface area contributed by atoms with Crippen LogP contribution in [0.15, 0.2) is 36.5 Å². The molecule has 1 saturated heterocycles. The third-order valence-corrected chi connectivity index (χ3v) is 5.02. The number of anilines is 2. The Kier molecular flexibility index (Phi) is 6.67. The normalized spacial score (nSPS) is 14.8. The molecule has 1 aromatic carbocycles. The summed E-state index contributed by atoms with van der Waals surface area (Å²) in [7, 11) is 0. The van der Waals surface area contributed by atoms with Crippen molar-refractivity contribution in [1.82, 2.24) is 4.98 Å². The maximum Gasteiger partial charge on any atom is 0.417 e. The second-order valence-electron chi connectivity index (χ2n) is 6.75. The zero-order valence-electron chi connectivity index (χ0n) is 15.7. The molecule has 0 atom stereocenters. The van der Waals surface area contributed by atoms with Crippen LogP contribution < -0.4 is 15.0 Å². The third kappa shape index (κ3) is 5.33. The average Bonchev–Trinajstić information content (AvgIpc) is 2.72. The van der Waals surface area contributed by atoms with E-state index in [2.05, 4.69) is 10.3 Å². The summed E-state index contributed by atoms with van der Waals surface area (Å²) >= 11 is 6.01. The van der Waals surface area contributed by atoms with Gasteiger partial charge in [0.05, 0.1) is 10.6 Å². The van der Waals surface area contributed by atoms with E-state index in [1.807, 2.05) is 6.07 Å². The van der Waals surface area contributed by atoms with Gasteiger partial charge in [-0.1, -0.05) is 11.6 Å². The lowest BCUT2D eigenvalue weighted by Gasteiger charge is -2.32. The van der Waals surface area contributed by atoms with E-state index in [1.54, 1.807) is 29.2 Å². The molecule has 0 radical (unpaired) electrons. The van der Waals surface area contributed by atoms with E-state index in [-0.39, 0.29) is 29.3 Å². The van der Waals surface area contributed by atoms with Gasteiger partial charge in [-0.15, -0.1) is 0 Å². The van der Waals surface area contributed by atoms with Crippen molar-refractivity contribution in [2.45, 2.75) is 19.0 Å². The van der Waals surface area contributed by atoms with Crippen molar-refractivity contribution in [3.8, 4) is 11.8 Å². The highest BCUT2D eigenvalue weighted by Gasteiger charge is 2.33. The molecule has 0 aliphatic carbocycles.